The van der Waals surface area contributed by atoms with Crippen LogP contribution in [0.15, 0.2) is 54.6 Å². The Balaban J connectivity index is 1.48. The number of ketones is 1. The SMILES string of the molecule is CCOC(CN1CCN(CC(C)C(=O)c2ccc(Cl)cc2)CC1)c1ccccc1. The quantitative estimate of drug-likeness (QED) is 0.563. The molecule has 1 fully saturated rings. The number of halogens is 1. The second-order valence-electron chi connectivity index (χ2n) is 7.73. The molecule has 0 radical (unpaired) electrons. The lowest BCUT2D eigenvalue weighted by molar-refractivity contribution is 0.0170. The summed E-state index contributed by atoms with van der Waals surface area (Å²) in [5.74, 6) is 0.160. The number of benzene rings is 2. The van der Waals surface area contributed by atoms with Gasteiger partial charge < -0.3 is 9.64 Å². The maximum Gasteiger partial charge on any atom is 0.166 e. The first-order chi connectivity index (χ1) is 14.1. The van der Waals surface area contributed by atoms with Crippen LogP contribution in [0.25, 0.3) is 0 Å². The summed E-state index contributed by atoms with van der Waals surface area (Å²) in [6.45, 7) is 10.4. The van der Waals surface area contributed by atoms with Crippen LogP contribution in [0, 0.1) is 5.92 Å². The van der Waals surface area contributed by atoms with Gasteiger partial charge in [0, 0.05) is 62.4 Å². The maximum atomic E-state index is 12.7. The predicted octanol–water partition coefficient (Wildman–Crippen LogP) is 4.55. The normalized spacial score (nSPS) is 17.8. The van der Waals surface area contributed by atoms with E-state index in [0.717, 1.165) is 44.8 Å². The van der Waals surface area contributed by atoms with Crippen LogP contribution in [0.3, 0.4) is 0 Å². The highest BCUT2D eigenvalue weighted by molar-refractivity contribution is 6.30. The first-order valence-electron chi connectivity index (χ1n) is 10.5. The van der Waals surface area contributed by atoms with Crippen molar-refractivity contribution in [2.45, 2.75) is 20.0 Å². The molecule has 2 atom stereocenters. The van der Waals surface area contributed by atoms with E-state index in [4.69, 9.17) is 16.3 Å². The molecule has 1 heterocycles. The van der Waals surface area contributed by atoms with Gasteiger partial charge in [0.15, 0.2) is 5.78 Å². The highest BCUT2D eigenvalue weighted by Gasteiger charge is 2.24. The third kappa shape index (κ3) is 6.38. The maximum absolute atomic E-state index is 12.7. The fourth-order valence-corrected chi connectivity index (χ4v) is 4.01. The van der Waals surface area contributed by atoms with Crippen LogP contribution >= 0.6 is 11.6 Å². The molecule has 1 aliphatic heterocycles. The minimum absolute atomic E-state index is 0.0248. The van der Waals surface area contributed by atoms with Crippen LogP contribution in [0.2, 0.25) is 5.02 Å². The van der Waals surface area contributed by atoms with E-state index in [-0.39, 0.29) is 17.8 Å². The Bertz CT molecular complexity index is 758. The van der Waals surface area contributed by atoms with Crippen molar-refractivity contribution in [2.24, 2.45) is 5.92 Å². The molecule has 3 rings (SSSR count). The van der Waals surface area contributed by atoms with Crippen molar-refractivity contribution in [1.29, 1.82) is 0 Å². The fraction of sp³-hybridized carbons (Fsp3) is 0.458. The van der Waals surface area contributed by atoms with Gasteiger partial charge in [0.05, 0.1) is 6.10 Å². The van der Waals surface area contributed by atoms with Crippen molar-refractivity contribution in [1.82, 2.24) is 9.80 Å². The van der Waals surface area contributed by atoms with Gasteiger partial charge in [-0.25, -0.2) is 0 Å². The molecule has 0 aliphatic carbocycles. The first kappa shape index (κ1) is 22.0. The first-order valence-corrected chi connectivity index (χ1v) is 10.9. The summed E-state index contributed by atoms with van der Waals surface area (Å²) in [7, 11) is 0. The summed E-state index contributed by atoms with van der Waals surface area (Å²) in [6.07, 6.45) is 0.109. The van der Waals surface area contributed by atoms with Crippen molar-refractivity contribution in [3.05, 3.63) is 70.7 Å². The highest BCUT2D eigenvalue weighted by Crippen LogP contribution is 2.20. The van der Waals surface area contributed by atoms with Gasteiger partial charge in [-0.3, -0.25) is 9.69 Å². The molecule has 2 aromatic rings. The van der Waals surface area contributed by atoms with Crippen LogP contribution < -0.4 is 0 Å². The molecule has 0 saturated carbocycles. The van der Waals surface area contributed by atoms with Gasteiger partial charge in [-0.1, -0.05) is 48.9 Å². The zero-order valence-electron chi connectivity index (χ0n) is 17.4. The smallest absolute Gasteiger partial charge is 0.166 e. The molecule has 2 aromatic carbocycles. The van der Waals surface area contributed by atoms with Gasteiger partial charge in [0.25, 0.3) is 0 Å². The minimum atomic E-state index is -0.0248. The molecule has 0 aromatic heterocycles. The molecule has 5 heteroatoms. The van der Waals surface area contributed by atoms with E-state index in [1.54, 1.807) is 12.1 Å². The number of piperazine rings is 1. The molecule has 0 N–H and O–H groups in total. The second-order valence-corrected chi connectivity index (χ2v) is 8.16. The lowest BCUT2D eigenvalue weighted by Gasteiger charge is -2.37. The molecule has 0 amide bonds. The van der Waals surface area contributed by atoms with Gasteiger partial charge in [-0.2, -0.15) is 0 Å². The fourth-order valence-electron chi connectivity index (χ4n) is 3.88. The summed E-state index contributed by atoms with van der Waals surface area (Å²) in [4.78, 5) is 17.5. The average molecular weight is 415 g/mol. The average Bonchev–Trinajstić information content (AvgIpc) is 2.75. The number of rotatable bonds is 9. The van der Waals surface area contributed by atoms with E-state index >= 15 is 0 Å². The molecular weight excluding hydrogens is 384 g/mol. The molecule has 29 heavy (non-hydrogen) atoms. The summed E-state index contributed by atoms with van der Waals surface area (Å²) in [6, 6.07) is 17.6. The van der Waals surface area contributed by atoms with E-state index in [1.165, 1.54) is 5.56 Å². The van der Waals surface area contributed by atoms with E-state index in [1.807, 2.05) is 32.0 Å². The van der Waals surface area contributed by atoms with E-state index in [9.17, 15) is 4.79 Å². The number of Topliss-reactive ketones (excluding diaryl/α,β-unsaturated/α-hetero) is 1. The minimum Gasteiger partial charge on any atom is -0.372 e. The van der Waals surface area contributed by atoms with Crippen molar-refractivity contribution in [2.75, 3.05) is 45.9 Å². The van der Waals surface area contributed by atoms with Gasteiger partial charge in [0.2, 0.25) is 0 Å². The van der Waals surface area contributed by atoms with Crippen molar-refractivity contribution < 1.29 is 9.53 Å². The zero-order valence-corrected chi connectivity index (χ0v) is 18.1. The molecule has 4 nitrogen and oxygen atoms in total. The van der Waals surface area contributed by atoms with Gasteiger partial charge in [0.1, 0.15) is 0 Å². The molecule has 1 aliphatic rings. The standard InChI is InChI=1S/C24H31ClN2O2/c1-3-29-23(20-7-5-4-6-8-20)18-27-15-13-26(14-16-27)17-19(2)24(28)21-9-11-22(25)12-10-21/h4-12,19,23H,3,13-18H2,1-2H3. The van der Waals surface area contributed by atoms with Gasteiger partial charge >= 0.3 is 0 Å². The number of carbonyl (C=O) groups is 1. The molecule has 0 spiro atoms. The number of nitrogens with zero attached hydrogens (tertiary/aromatic N) is 2. The third-order valence-corrected chi connectivity index (χ3v) is 5.79. The number of carbonyl (C=O) groups excluding carboxylic acids is 1. The largest absolute Gasteiger partial charge is 0.372 e. The molecule has 1 saturated heterocycles. The summed E-state index contributed by atoms with van der Waals surface area (Å²) in [5, 5.41) is 0.659. The van der Waals surface area contributed by atoms with Crippen molar-refractivity contribution in [3.63, 3.8) is 0 Å². The molecular formula is C24H31ClN2O2. The Morgan fingerprint density at radius 1 is 0.966 bits per heavy atom. The summed E-state index contributed by atoms with van der Waals surface area (Å²) in [5.41, 5.74) is 1.97. The Labute approximate surface area is 179 Å². The lowest BCUT2D eigenvalue weighted by atomic mass is 9.98. The summed E-state index contributed by atoms with van der Waals surface area (Å²) >= 11 is 5.93. The Hall–Kier alpha value is -1.72. The number of hydrogen-bond donors (Lipinski definition) is 0. The topological polar surface area (TPSA) is 32.8 Å². The molecule has 2 unspecified atom stereocenters. The Morgan fingerprint density at radius 2 is 1.55 bits per heavy atom. The van der Waals surface area contributed by atoms with E-state index in [2.05, 4.69) is 34.1 Å². The Morgan fingerprint density at radius 3 is 2.14 bits per heavy atom. The predicted molar refractivity (Wildman–Crippen MR) is 119 cm³/mol. The van der Waals surface area contributed by atoms with Crippen LogP contribution in [0.5, 0.6) is 0 Å². The van der Waals surface area contributed by atoms with Crippen LogP contribution in [-0.2, 0) is 4.74 Å². The lowest BCUT2D eigenvalue weighted by Crippen LogP contribution is -2.49. The van der Waals surface area contributed by atoms with Gasteiger partial charge in [-0.05, 0) is 36.8 Å². The van der Waals surface area contributed by atoms with Gasteiger partial charge in [-0.15, -0.1) is 0 Å². The molecule has 156 valence electrons. The van der Waals surface area contributed by atoms with Crippen LogP contribution in [-0.4, -0.2) is 61.5 Å². The van der Waals surface area contributed by atoms with Crippen molar-refractivity contribution in [3.8, 4) is 0 Å². The molecule has 0 bridgehead atoms. The number of ether oxygens (including phenoxy) is 1. The Kier molecular flexibility index (Phi) is 8.25. The zero-order chi connectivity index (χ0) is 20.6. The van der Waals surface area contributed by atoms with E-state index in [0.29, 0.717) is 11.6 Å². The summed E-state index contributed by atoms with van der Waals surface area (Å²) < 4.78 is 6.00. The van der Waals surface area contributed by atoms with Crippen molar-refractivity contribution >= 4 is 17.4 Å². The highest BCUT2D eigenvalue weighted by atomic mass is 35.5. The van der Waals surface area contributed by atoms with Crippen LogP contribution in [0.1, 0.15) is 35.9 Å². The van der Waals surface area contributed by atoms with E-state index < -0.39 is 0 Å². The van der Waals surface area contributed by atoms with Crippen LogP contribution in [0.4, 0.5) is 0 Å². The third-order valence-electron chi connectivity index (χ3n) is 5.54. The number of hydrogen-bond acceptors (Lipinski definition) is 4. The monoisotopic (exact) mass is 414 g/mol. The second kappa shape index (κ2) is 10.9.